The van der Waals surface area contributed by atoms with Crippen molar-refractivity contribution in [3.63, 3.8) is 0 Å². The van der Waals surface area contributed by atoms with Crippen molar-refractivity contribution in [1.82, 2.24) is 14.9 Å². The van der Waals surface area contributed by atoms with Crippen LogP contribution in [0.1, 0.15) is 64.8 Å². The monoisotopic (exact) mass is 453 g/mol. The Morgan fingerprint density at radius 2 is 1.82 bits per heavy atom. The smallest absolute Gasteiger partial charge is 0.410 e. The van der Waals surface area contributed by atoms with Gasteiger partial charge in [-0.25, -0.2) is 14.8 Å². The van der Waals surface area contributed by atoms with Crippen molar-refractivity contribution in [2.75, 3.05) is 24.5 Å². The Labute approximate surface area is 196 Å². The van der Waals surface area contributed by atoms with E-state index in [1.807, 2.05) is 45.0 Å². The van der Waals surface area contributed by atoms with Gasteiger partial charge >= 0.3 is 6.09 Å². The third kappa shape index (κ3) is 5.12. The molecule has 0 saturated carbocycles. The maximum atomic E-state index is 12.4. The van der Waals surface area contributed by atoms with Crippen molar-refractivity contribution < 1.29 is 14.3 Å². The van der Waals surface area contributed by atoms with E-state index in [9.17, 15) is 4.79 Å². The average molecular weight is 454 g/mol. The molecule has 4 rings (SSSR count). The maximum Gasteiger partial charge on any atom is 0.410 e. The highest BCUT2D eigenvalue weighted by atomic mass is 16.6. The summed E-state index contributed by atoms with van der Waals surface area (Å²) in [5.74, 6) is 0.794. The zero-order chi connectivity index (χ0) is 23.9. The molecule has 0 radical (unpaired) electrons. The Bertz CT molecular complexity index is 981. The topological polar surface area (TPSA) is 93.8 Å². The molecule has 1 atom stereocenters. The Kier molecular flexibility index (Phi) is 6.09. The Morgan fingerprint density at radius 1 is 1.15 bits per heavy atom. The first kappa shape index (κ1) is 23.4. The number of benzene rings is 1. The summed E-state index contributed by atoms with van der Waals surface area (Å²) in [4.78, 5) is 25.4. The minimum atomic E-state index is -0.625. The summed E-state index contributed by atoms with van der Waals surface area (Å²) in [5, 5.41) is 0. The minimum Gasteiger partial charge on any atom is -0.444 e. The maximum absolute atomic E-state index is 12.4. The molecule has 8 heteroatoms. The van der Waals surface area contributed by atoms with Gasteiger partial charge in [0.15, 0.2) is 0 Å². The predicted octanol–water partition coefficient (Wildman–Crippen LogP) is 3.98. The summed E-state index contributed by atoms with van der Waals surface area (Å²) in [5.41, 5.74) is 7.08. The van der Waals surface area contributed by atoms with E-state index in [0.717, 1.165) is 17.1 Å². The van der Waals surface area contributed by atoms with Gasteiger partial charge in [-0.2, -0.15) is 0 Å². The van der Waals surface area contributed by atoms with Crippen LogP contribution in [0.25, 0.3) is 0 Å². The molecule has 0 aliphatic carbocycles. The van der Waals surface area contributed by atoms with Crippen LogP contribution >= 0.6 is 0 Å². The first-order valence-electron chi connectivity index (χ1n) is 11.6. The second-order valence-electron chi connectivity index (χ2n) is 10.5. The predicted molar refractivity (Wildman–Crippen MR) is 127 cm³/mol. The molecule has 1 aromatic heterocycles. The lowest BCUT2D eigenvalue weighted by atomic mass is 9.85. The third-order valence-corrected chi connectivity index (χ3v) is 6.35. The molecular formula is C25H35N5O3. The van der Waals surface area contributed by atoms with E-state index in [1.165, 1.54) is 0 Å². The number of carbonyl (C=O) groups excluding carboxylic acids is 1. The van der Waals surface area contributed by atoms with E-state index in [1.54, 1.807) is 11.2 Å². The number of carbonyl (C=O) groups is 1. The molecular weight excluding hydrogens is 418 g/mol. The quantitative estimate of drug-likeness (QED) is 0.751. The number of amides is 1. The first-order valence-corrected chi connectivity index (χ1v) is 11.6. The standard InChI is InChI=1S/C25H35N5O3/c1-23(2,3)33-22(31)29-13-11-25(26,12-14-29)20-15-21(28-17-27-20)30-16-19(32-24(30,4)5)18-9-7-6-8-10-18/h6-10,15,17,19H,11-14,16,26H2,1-5H3/t19-/m0/s1. The van der Waals surface area contributed by atoms with E-state index in [4.69, 9.17) is 15.2 Å². The van der Waals surface area contributed by atoms with Crippen LogP contribution in [-0.4, -0.2) is 51.9 Å². The molecule has 3 heterocycles. The van der Waals surface area contributed by atoms with Gasteiger partial charge in [-0.1, -0.05) is 30.3 Å². The largest absolute Gasteiger partial charge is 0.444 e. The lowest BCUT2D eigenvalue weighted by molar-refractivity contribution is -0.0140. The highest BCUT2D eigenvalue weighted by Gasteiger charge is 2.42. The Hall–Kier alpha value is -2.71. The highest BCUT2D eigenvalue weighted by molar-refractivity contribution is 5.68. The average Bonchev–Trinajstić information content (AvgIpc) is 3.09. The molecule has 0 bridgehead atoms. The number of nitrogens with zero attached hydrogens (tertiary/aromatic N) is 4. The summed E-state index contributed by atoms with van der Waals surface area (Å²) < 4.78 is 11.9. The van der Waals surface area contributed by atoms with Crippen LogP contribution in [0.2, 0.25) is 0 Å². The molecule has 33 heavy (non-hydrogen) atoms. The number of hydrogen-bond acceptors (Lipinski definition) is 7. The fourth-order valence-electron chi connectivity index (χ4n) is 4.48. The van der Waals surface area contributed by atoms with Gasteiger partial charge in [-0.15, -0.1) is 0 Å². The molecule has 1 amide bonds. The van der Waals surface area contributed by atoms with E-state index >= 15 is 0 Å². The molecule has 2 N–H and O–H groups in total. The van der Waals surface area contributed by atoms with Crippen LogP contribution in [-0.2, 0) is 15.0 Å². The SMILES string of the molecule is CC(C)(C)OC(=O)N1CCC(N)(c2cc(N3C[C@@H](c4ccccc4)OC3(C)C)ncn2)CC1. The van der Waals surface area contributed by atoms with Gasteiger partial charge in [-0.3, -0.25) is 0 Å². The zero-order valence-corrected chi connectivity index (χ0v) is 20.2. The van der Waals surface area contributed by atoms with Crippen molar-refractivity contribution in [3.8, 4) is 0 Å². The van der Waals surface area contributed by atoms with Crippen LogP contribution in [0.5, 0.6) is 0 Å². The van der Waals surface area contributed by atoms with Crippen LogP contribution in [0.3, 0.4) is 0 Å². The van der Waals surface area contributed by atoms with Crippen LogP contribution in [0, 0.1) is 0 Å². The molecule has 8 nitrogen and oxygen atoms in total. The van der Waals surface area contributed by atoms with E-state index in [2.05, 4.69) is 40.8 Å². The van der Waals surface area contributed by atoms with Crippen molar-refractivity contribution in [3.05, 3.63) is 54.0 Å². The Morgan fingerprint density at radius 3 is 2.45 bits per heavy atom. The zero-order valence-electron chi connectivity index (χ0n) is 20.2. The highest BCUT2D eigenvalue weighted by Crippen LogP contribution is 2.39. The number of anilines is 1. The molecule has 2 aromatic rings. The molecule has 1 aromatic carbocycles. The van der Waals surface area contributed by atoms with Gasteiger partial charge < -0.3 is 25.0 Å². The number of nitrogens with two attached hydrogens (primary N) is 1. The van der Waals surface area contributed by atoms with E-state index in [-0.39, 0.29) is 12.2 Å². The fraction of sp³-hybridized carbons (Fsp3) is 0.560. The van der Waals surface area contributed by atoms with Crippen LogP contribution in [0.15, 0.2) is 42.7 Å². The van der Waals surface area contributed by atoms with Crippen molar-refractivity contribution in [1.29, 1.82) is 0 Å². The summed E-state index contributed by atoms with van der Waals surface area (Å²) in [7, 11) is 0. The van der Waals surface area contributed by atoms with E-state index in [0.29, 0.717) is 32.5 Å². The van der Waals surface area contributed by atoms with Crippen molar-refractivity contribution >= 4 is 11.9 Å². The van der Waals surface area contributed by atoms with Gasteiger partial charge in [0.2, 0.25) is 0 Å². The van der Waals surface area contributed by atoms with E-state index < -0.39 is 16.9 Å². The number of aromatic nitrogens is 2. The Balaban J connectivity index is 1.48. The van der Waals surface area contributed by atoms with Gasteiger partial charge in [0.05, 0.1) is 17.8 Å². The summed E-state index contributed by atoms with van der Waals surface area (Å²) in [6, 6.07) is 12.2. The minimum absolute atomic E-state index is 0.0384. The second kappa shape index (κ2) is 8.57. The number of rotatable bonds is 3. The fourth-order valence-corrected chi connectivity index (χ4v) is 4.48. The molecule has 2 saturated heterocycles. The lowest BCUT2D eigenvalue weighted by Gasteiger charge is -2.39. The summed E-state index contributed by atoms with van der Waals surface area (Å²) >= 11 is 0. The second-order valence-corrected chi connectivity index (χ2v) is 10.5. The molecule has 2 aliphatic rings. The number of ether oxygens (including phenoxy) is 2. The number of likely N-dealkylation sites (tertiary alicyclic amines) is 1. The van der Waals surface area contributed by atoms with Crippen LogP contribution in [0.4, 0.5) is 10.6 Å². The van der Waals surface area contributed by atoms with Crippen molar-refractivity contribution in [2.24, 2.45) is 5.73 Å². The van der Waals surface area contributed by atoms with Gasteiger partial charge in [0, 0.05) is 19.2 Å². The molecule has 0 spiro atoms. The summed E-state index contributed by atoms with van der Waals surface area (Å²) in [6.07, 6.45) is 2.45. The third-order valence-electron chi connectivity index (χ3n) is 6.35. The van der Waals surface area contributed by atoms with Gasteiger partial charge in [0.25, 0.3) is 0 Å². The van der Waals surface area contributed by atoms with Crippen molar-refractivity contribution in [2.45, 2.75) is 70.4 Å². The summed E-state index contributed by atoms with van der Waals surface area (Å²) in [6.45, 7) is 11.5. The van der Waals surface area contributed by atoms with Crippen LogP contribution < -0.4 is 10.6 Å². The molecule has 2 fully saturated rings. The number of hydrogen-bond donors (Lipinski definition) is 1. The molecule has 2 aliphatic heterocycles. The molecule has 0 unspecified atom stereocenters. The number of piperidine rings is 1. The van der Waals surface area contributed by atoms with Gasteiger partial charge in [-0.05, 0) is 53.0 Å². The molecule has 178 valence electrons. The lowest BCUT2D eigenvalue weighted by Crippen LogP contribution is -2.51. The normalized spacial score (nSPS) is 22.3. The van der Waals surface area contributed by atoms with Gasteiger partial charge in [0.1, 0.15) is 29.6 Å². The first-order chi connectivity index (χ1) is 15.5.